The highest BCUT2D eigenvalue weighted by molar-refractivity contribution is 7.80. The van der Waals surface area contributed by atoms with Gasteiger partial charge in [0.2, 0.25) is 0 Å². The van der Waals surface area contributed by atoms with Gasteiger partial charge in [0, 0.05) is 22.6 Å². The Bertz CT molecular complexity index is 1150. The topological polar surface area (TPSA) is 54.3 Å². The van der Waals surface area contributed by atoms with Crippen molar-refractivity contribution < 1.29 is 9.59 Å². The minimum absolute atomic E-state index is 0.000566. The number of aromatic nitrogens is 1. The molecule has 1 fully saturated rings. The Hall–Kier alpha value is -3.22. The monoisotopic (exact) mass is 421 g/mol. The Kier molecular flexibility index (Phi) is 5.05. The maximum absolute atomic E-state index is 13.1. The molecule has 0 radical (unpaired) electrons. The third kappa shape index (κ3) is 3.72. The van der Waals surface area contributed by atoms with E-state index in [0.717, 1.165) is 11.3 Å². The predicted molar refractivity (Wildman–Crippen MR) is 118 cm³/mol. The van der Waals surface area contributed by atoms with Crippen molar-refractivity contribution in [1.82, 2.24) is 9.88 Å². The number of hydrogen-bond acceptors (Lipinski definition) is 3. The normalized spacial score (nSPS) is 15.7. The minimum Gasteiger partial charge on any atom is -0.317 e. The molecular weight excluding hydrogens is 406 g/mol. The number of thiocarbonyl (C=S) groups is 1. The van der Waals surface area contributed by atoms with Crippen molar-refractivity contribution in [3.8, 4) is 5.69 Å². The van der Waals surface area contributed by atoms with E-state index in [1.165, 1.54) is 4.90 Å². The van der Waals surface area contributed by atoms with Crippen LogP contribution in [-0.4, -0.2) is 21.5 Å². The fraction of sp³-hybridized carbons (Fsp3) is 0.0455. The van der Waals surface area contributed by atoms with Crippen LogP contribution < -0.4 is 10.2 Å². The molecule has 0 aliphatic carbocycles. The van der Waals surface area contributed by atoms with E-state index in [1.807, 2.05) is 54.1 Å². The fourth-order valence-corrected chi connectivity index (χ4v) is 3.49. The van der Waals surface area contributed by atoms with Gasteiger partial charge in [0.05, 0.1) is 5.69 Å². The van der Waals surface area contributed by atoms with E-state index in [9.17, 15) is 9.59 Å². The molecule has 2 heterocycles. The van der Waals surface area contributed by atoms with Crippen LogP contribution in [0, 0.1) is 6.92 Å². The molecule has 2 amide bonds. The number of anilines is 1. The van der Waals surface area contributed by atoms with Gasteiger partial charge >= 0.3 is 0 Å². The Morgan fingerprint density at radius 2 is 1.62 bits per heavy atom. The molecule has 4 rings (SSSR count). The van der Waals surface area contributed by atoms with Gasteiger partial charge in [0.1, 0.15) is 5.57 Å². The van der Waals surface area contributed by atoms with Gasteiger partial charge in [-0.05, 0) is 73.7 Å². The molecule has 0 saturated carbocycles. The van der Waals surface area contributed by atoms with E-state index >= 15 is 0 Å². The molecule has 1 aromatic heterocycles. The van der Waals surface area contributed by atoms with Crippen LogP contribution in [0.25, 0.3) is 11.8 Å². The molecule has 1 N–H and O–H groups in total. The van der Waals surface area contributed by atoms with Crippen molar-refractivity contribution in [3.63, 3.8) is 0 Å². The molecule has 5 nitrogen and oxygen atoms in total. The van der Waals surface area contributed by atoms with Crippen LogP contribution in [0.3, 0.4) is 0 Å². The summed E-state index contributed by atoms with van der Waals surface area (Å²) in [5.74, 6) is -1.01. The van der Waals surface area contributed by atoms with E-state index in [0.29, 0.717) is 16.4 Å². The first kappa shape index (κ1) is 19.1. The molecule has 0 bridgehead atoms. The van der Waals surface area contributed by atoms with Gasteiger partial charge in [-0.15, -0.1) is 0 Å². The molecule has 7 heteroatoms. The molecule has 29 heavy (non-hydrogen) atoms. The largest absolute Gasteiger partial charge is 0.317 e. The maximum Gasteiger partial charge on any atom is 0.270 e. The van der Waals surface area contributed by atoms with Crippen LogP contribution >= 0.6 is 23.8 Å². The van der Waals surface area contributed by atoms with E-state index in [-0.39, 0.29) is 10.7 Å². The SMILES string of the molecule is Cc1ccc(-n2cccc2/C=C2\C(=O)NC(=S)N(c3ccc(Cl)cc3)C2=O)cc1. The van der Waals surface area contributed by atoms with Crippen LogP contribution in [0.5, 0.6) is 0 Å². The zero-order valence-electron chi connectivity index (χ0n) is 15.4. The Labute approximate surface area is 178 Å². The van der Waals surface area contributed by atoms with Gasteiger partial charge in [-0.2, -0.15) is 0 Å². The highest BCUT2D eigenvalue weighted by Crippen LogP contribution is 2.24. The number of hydrogen-bond donors (Lipinski definition) is 1. The molecule has 1 aliphatic heterocycles. The maximum atomic E-state index is 13.1. The summed E-state index contributed by atoms with van der Waals surface area (Å²) in [6, 6.07) is 18.4. The highest BCUT2D eigenvalue weighted by atomic mass is 35.5. The summed E-state index contributed by atoms with van der Waals surface area (Å²) in [5.41, 5.74) is 3.32. The summed E-state index contributed by atoms with van der Waals surface area (Å²) in [7, 11) is 0. The second-order valence-electron chi connectivity index (χ2n) is 6.57. The molecule has 1 saturated heterocycles. The lowest BCUT2D eigenvalue weighted by Crippen LogP contribution is -2.54. The molecule has 3 aromatic rings. The Balaban J connectivity index is 1.73. The first-order valence-corrected chi connectivity index (χ1v) is 9.64. The molecular formula is C22H16ClN3O2S. The zero-order chi connectivity index (χ0) is 20.5. The number of carbonyl (C=O) groups is 2. The molecule has 0 spiro atoms. The third-order valence-electron chi connectivity index (χ3n) is 4.57. The van der Waals surface area contributed by atoms with Crippen LogP contribution in [0.2, 0.25) is 5.02 Å². The summed E-state index contributed by atoms with van der Waals surface area (Å²) in [6.07, 6.45) is 3.45. The van der Waals surface area contributed by atoms with Crippen molar-refractivity contribution >= 4 is 52.5 Å². The summed E-state index contributed by atoms with van der Waals surface area (Å²) >= 11 is 11.2. The molecule has 144 valence electrons. The van der Waals surface area contributed by atoms with E-state index < -0.39 is 11.8 Å². The van der Waals surface area contributed by atoms with Crippen molar-refractivity contribution in [3.05, 3.63) is 88.7 Å². The van der Waals surface area contributed by atoms with Crippen molar-refractivity contribution in [2.45, 2.75) is 6.92 Å². The zero-order valence-corrected chi connectivity index (χ0v) is 17.0. The van der Waals surface area contributed by atoms with Crippen LogP contribution in [0.1, 0.15) is 11.3 Å². The second-order valence-corrected chi connectivity index (χ2v) is 7.40. The number of nitrogens with zero attached hydrogens (tertiary/aromatic N) is 2. The van der Waals surface area contributed by atoms with Crippen LogP contribution in [0.15, 0.2) is 72.4 Å². The predicted octanol–water partition coefficient (Wildman–Crippen LogP) is 4.27. The van der Waals surface area contributed by atoms with Gasteiger partial charge in [-0.25, -0.2) is 0 Å². The van der Waals surface area contributed by atoms with E-state index in [2.05, 4.69) is 5.32 Å². The standard InChI is InChI=1S/C22H16ClN3O2S/c1-14-4-8-16(9-5-14)25-12-2-3-18(25)13-19-20(27)24-22(29)26(21(19)28)17-10-6-15(23)7-11-17/h2-13H,1H3,(H,24,27,29)/b19-13+. The highest BCUT2D eigenvalue weighted by Gasteiger charge is 2.34. The Morgan fingerprint density at radius 3 is 2.31 bits per heavy atom. The number of rotatable bonds is 3. The van der Waals surface area contributed by atoms with E-state index in [1.54, 1.807) is 30.3 Å². The fourth-order valence-electron chi connectivity index (χ4n) is 3.08. The number of amides is 2. The van der Waals surface area contributed by atoms with Gasteiger partial charge in [0.25, 0.3) is 11.8 Å². The number of carbonyl (C=O) groups excluding carboxylic acids is 2. The quantitative estimate of drug-likeness (QED) is 0.390. The van der Waals surface area contributed by atoms with Crippen molar-refractivity contribution in [2.24, 2.45) is 0 Å². The second kappa shape index (κ2) is 7.66. The van der Waals surface area contributed by atoms with Crippen molar-refractivity contribution in [1.29, 1.82) is 0 Å². The van der Waals surface area contributed by atoms with Gasteiger partial charge in [-0.1, -0.05) is 29.3 Å². The first-order chi connectivity index (χ1) is 13.9. The average molecular weight is 422 g/mol. The average Bonchev–Trinajstić information content (AvgIpc) is 3.15. The lowest BCUT2D eigenvalue weighted by Gasteiger charge is -2.29. The molecule has 0 atom stereocenters. The lowest BCUT2D eigenvalue weighted by molar-refractivity contribution is -0.122. The smallest absolute Gasteiger partial charge is 0.270 e. The number of benzene rings is 2. The number of aryl methyl sites for hydroxylation is 1. The molecule has 0 unspecified atom stereocenters. The molecule has 1 aliphatic rings. The molecule has 2 aromatic carbocycles. The van der Waals surface area contributed by atoms with Crippen LogP contribution in [-0.2, 0) is 9.59 Å². The first-order valence-electron chi connectivity index (χ1n) is 8.85. The Morgan fingerprint density at radius 1 is 0.966 bits per heavy atom. The van der Waals surface area contributed by atoms with E-state index in [4.69, 9.17) is 23.8 Å². The number of nitrogens with one attached hydrogen (secondary N) is 1. The van der Waals surface area contributed by atoms with Gasteiger partial charge in [-0.3, -0.25) is 19.8 Å². The third-order valence-corrected chi connectivity index (χ3v) is 5.11. The minimum atomic E-state index is -0.526. The lowest BCUT2D eigenvalue weighted by atomic mass is 10.1. The summed E-state index contributed by atoms with van der Waals surface area (Å²) in [4.78, 5) is 26.9. The van der Waals surface area contributed by atoms with Gasteiger partial charge in [0.15, 0.2) is 5.11 Å². The van der Waals surface area contributed by atoms with Crippen molar-refractivity contribution in [2.75, 3.05) is 4.90 Å². The van der Waals surface area contributed by atoms with Gasteiger partial charge < -0.3 is 4.57 Å². The summed E-state index contributed by atoms with van der Waals surface area (Å²) in [6.45, 7) is 2.02. The summed E-state index contributed by atoms with van der Waals surface area (Å²) in [5, 5.41) is 3.17. The summed E-state index contributed by atoms with van der Waals surface area (Å²) < 4.78 is 1.91. The number of halogens is 1. The van der Waals surface area contributed by atoms with Crippen LogP contribution in [0.4, 0.5) is 5.69 Å².